The van der Waals surface area contributed by atoms with Crippen molar-refractivity contribution in [2.24, 2.45) is 0 Å². The maximum absolute atomic E-state index is 12.4. The molecule has 0 aliphatic carbocycles. The SMILES string of the molecule is O=CC1CCCN1S(=O)(=O)c1cc(Cl)cc(Cl)c1. The Labute approximate surface area is 116 Å². The Morgan fingerprint density at radius 3 is 2.39 bits per heavy atom. The van der Waals surface area contributed by atoms with Crippen molar-refractivity contribution in [2.75, 3.05) is 6.54 Å². The van der Waals surface area contributed by atoms with Gasteiger partial charge in [0.1, 0.15) is 6.29 Å². The van der Waals surface area contributed by atoms with E-state index in [1.807, 2.05) is 0 Å². The molecule has 1 aromatic carbocycles. The average Bonchev–Trinajstić information content (AvgIpc) is 2.76. The number of carbonyl (C=O) groups excluding carboxylic acids is 1. The maximum atomic E-state index is 12.4. The van der Waals surface area contributed by atoms with E-state index in [2.05, 4.69) is 0 Å². The first-order valence-electron chi connectivity index (χ1n) is 5.38. The van der Waals surface area contributed by atoms with Crippen LogP contribution in [0, 0.1) is 0 Å². The lowest BCUT2D eigenvalue weighted by Gasteiger charge is -2.20. The quantitative estimate of drug-likeness (QED) is 0.805. The Bertz CT molecular complexity index is 553. The summed E-state index contributed by atoms with van der Waals surface area (Å²) < 4.78 is 25.9. The van der Waals surface area contributed by atoms with Crippen molar-refractivity contribution in [1.82, 2.24) is 4.31 Å². The van der Waals surface area contributed by atoms with Crippen LogP contribution in [0.4, 0.5) is 0 Å². The van der Waals surface area contributed by atoms with Crippen LogP contribution in [0.25, 0.3) is 0 Å². The molecule has 18 heavy (non-hydrogen) atoms. The molecule has 7 heteroatoms. The van der Waals surface area contributed by atoms with E-state index in [0.29, 0.717) is 25.7 Å². The van der Waals surface area contributed by atoms with Crippen LogP contribution in [0.5, 0.6) is 0 Å². The minimum absolute atomic E-state index is 0.0220. The zero-order chi connectivity index (χ0) is 13.3. The monoisotopic (exact) mass is 307 g/mol. The van der Waals surface area contributed by atoms with Crippen LogP contribution >= 0.6 is 23.2 Å². The average molecular weight is 308 g/mol. The van der Waals surface area contributed by atoms with Crippen LogP contribution in [0.1, 0.15) is 12.8 Å². The van der Waals surface area contributed by atoms with Gasteiger partial charge in [0.05, 0.1) is 10.9 Å². The third-order valence-corrected chi connectivity index (χ3v) is 5.19. The molecule has 1 atom stereocenters. The Morgan fingerprint density at radius 2 is 1.83 bits per heavy atom. The summed E-state index contributed by atoms with van der Waals surface area (Å²) >= 11 is 11.6. The minimum atomic E-state index is -3.71. The predicted octanol–water partition coefficient (Wildman–Crippen LogP) is 2.35. The van der Waals surface area contributed by atoms with Crippen LogP contribution in [-0.4, -0.2) is 31.6 Å². The van der Waals surface area contributed by atoms with E-state index in [1.165, 1.54) is 22.5 Å². The maximum Gasteiger partial charge on any atom is 0.243 e. The standard InChI is InChI=1S/C11H11Cl2NO3S/c12-8-4-9(13)6-11(5-8)18(16,17)14-3-1-2-10(14)7-15/h4-7,10H,1-3H2. The molecule has 0 bridgehead atoms. The van der Waals surface area contributed by atoms with Crippen molar-refractivity contribution in [3.8, 4) is 0 Å². The highest BCUT2D eigenvalue weighted by molar-refractivity contribution is 7.89. The van der Waals surface area contributed by atoms with E-state index >= 15 is 0 Å². The second-order valence-corrected chi connectivity index (χ2v) is 6.83. The number of rotatable bonds is 3. The zero-order valence-corrected chi connectivity index (χ0v) is 11.7. The van der Waals surface area contributed by atoms with E-state index in [1.54, 1.807) is 0 Å². The first kappa shape index (κ1) is 13.8. The molecule has 1 heterocycles. The lowest BCUT2D eigenvalue weighted by molar-refractivity contribution is -0.110. The second kappa shape index (κ2) is 5.17. The van der Waals surface area contributed by atoms with E-state index in [9.17, 15) is 13.2 Å². The van der Waals surface area contributed by atoms with Crippen LogP contribution in [0.3, 0.4) is 0 Å². The molecule has 1 unspecified atom stereocenters. The molecule has 1 saturated heterocycles. The van der Waals surface area contributed by atoms with Gasteiger partial charge in [-0.15, -0.1) is 0 Å². The summed E-state index contributed by atoms with van der Waals surface area (Å²) in [6, 6.07) is 3.54. The summed E-state index contributed by atoms with van der Waals surface area (Å²) in [6.07, 6.45) is 1.89. The van der Waals surface area contributed by atoms with Gasteiger partial charge in [-0.2, -0.15) is 4.31 Å². The van der Waals surface area contributed by atoms with Gasteiger partial charge in [0.25, 0.3) is 0 Å². The van der Waals surface area contributed by atoms with Crippen molar-refractivity contribution in [3.63, 3.8) is 0 Å². The Kier molecular flexibility index (Phi) is 3.96. The normalized spacial score (nSPS) is 21.1. The van der Waals surface area contributed by atoms with Crippen molar-refractivity contribution >= 4 is 39.5 Å². The number of benzene rings is 1. The van der Waals surface area contributed by atoms with Gasteiger partial charge in [-0.1, -0.05) is 23.2 Å². The summed E-state index contributed by atoms with van der Waals surface area (Å²) in [5.74, 6) is 0. The summed E-state index contributed by atoms with van der Waals surface area (Å²) in [5, 5.41) is 0.505. The summed E-state index contributed by atoms with van der Waals surface area (Å²) in [7, 11) is -3.71. The third kappa shape index (κ3) is 2.54. The number of carbonyl (C=O) groups is 1. The number of aldehydes is 1. The predicted molar refractivity (Wildman–Crippen MR) is 69.4 cm³/mol. The number of nitrogens with zero attached hydrogens (tertiary/aromatic N) is 1. The van der Waals surface area contributed by atoms with E-state index < -0.39 is 16.1 Å². The van der Waals surface area contributed by atoms with E-state index in [0.717, 1.165) is 0 Å². The van der Waals surface area contributed by atoms with E-state index in [4.69, 9.17) is 23.2 Å². The summed E-state index contributed by atoms with van der Waals surface area (Å²) in [4.78, 5) is 10.9. The van der Waals surface area contributed by atoms with Crippen LogP contribution in [-0.2, 0) is 14.8 Å². The molecule has 1 fully saturated rings. The number of halogens is 2. The lowest BCUT2D eigenvalue weighted by Crippen LogP contribution is -2.36. The molecular formula is C11H11Cl2NO3S. The molecule has 0 N–H and O–H groups in total. The smallest absolute Gasteiger partial charge is 0.243 e. The van der Waals surface area contributed by atoms with Crippen molar-refractivity contribution < 1.29 is 13.2 Å². The van der Waals surface area contributed by atoms with Gasteiger partial charge in [0.15, 0.2) is 0 Å². The van der Waals surface area contributed by atoms with Gasteiger partial charge in [-0.25, -0.2) is 8.42 Å². The molecule has 0 aromatic heterocycles. The lowest BCUT2D eigenvalue weighted by atomic mass is 10.2. The molecule has 1 aliphatic rings. The van der Waals surface area contributed by atoms with Gasteiger partial charge in [0.2, 0.25) is 10.0 Å². The van der Waals surface area contributed by atoms with Gasteiger partial charge in [-0.3, -0.25) is 0 Å². The Balaban J connectivity index is 2.44. The van der Waals surface area contributed by atoms with Crippen molar-refractivity contribution in [2.45, 2.75) is 23.8 Å². The van der Waals surface area contributed by atoms with Gasteiger partial charge < -0.3 is 4.79 Å². The fourth-order valence-electron chi connectivity index (χ4n) is 2.01. The molecule has 0 saturated carbocycles. The third-order valence-electron chi connectivity index (χ3n) is 2.85. The van der Waals surface area contributed by atoms with Crippen LogP contribution in [0.2, 0.25) is 10.0 Å². The molecule has 4 nitrogen and oxygen atoms in total. The first-order chi connectivity index (χ1) is 8.45. The Morgan fingerprint density at radius 1 is 1.22 bits per heavy atom. The largest absolute Gasteiger partial charge is 0.302 e. The highest BCUT2D eigenvalue weighted by Gasteiger charge is 2.35. The van der Waals surface area contributed by atoms with Gasteiger partial charge >= 0.3 is 0 Å². The van der Waals surface area contributed by atoms with Crippen LogP contribution < -0.4 is 0 Å². The van der Waals surface area contributed by atoms with Gasteiger partial charge in [0, 0.05) is 16.6 Å². The first-order valence-corrected chi connectivity index (χ1v) is 7.58. The summed E-state index contributed by atoms with van der Waals surface area (Å²) in [5.41, 5.74) is 0. The highest BCUT2D eigenvalue weighted by atomic mass is 35.5. The number of hydrogen-bond donors (Lipinski definition) is 0. The molecule has 0 radical (unpaired) electrons. The topological polar surface area (TPSA) is 54.5 Å². The molecule has 98 valence electrons. The van der Waals surface area contributed by atoms with E-state index in [-0.39, 0.29) is 14.9 Å². The van der Waals surface area contributed by atoms with Crippen molar-refractivity contribution in [1.29, 1.82) is 0 Å². The molecule has 2 rings (SSSR count). The van der Waals surface area contributed by atoms with Crippen LogP contribution in [0.15, 0.2) is 23.1 Å². The molecule has 0 spiro atoms. The fourth-order valence-corrected chi connectivity index (χ4v) is 4.37. The number of sulfonamides is 1. The van der Waals surface area contributed by atoms with Crippen molar-refractivity contribution in [3.05, 3.63) is 28.2 Å². The zero-order valence-electron chi connectivity index (χ0n) is 9.34. The fraction of sp³-hybridized carbons (Fsp3) is 0.364. The van der Waals surface area contributed by atoms with Gasteiger partial charge in [-0.05, 0) is 31.0 Å². The molecule has 0 amide bonds. The molecule has 1 aliphatic heterocycles. The highest BCUT2D eigenvalue weighted by Crippen LogP contribution is 2.28. The Hall–Kier alpha value is -0.620. The summed E-state index contributed by atoms with van der Waals surface area (Å²) in [6.45, 7) is 0.343. The molecular weight excluding hydrogens is 297 g/mol. The molecule has 1 aromatic rings. The minimum Gasteiger partial charge on any atom is -0.302 e. The second-order valence-electron chi connectivity index (χ2n) is 4.07. The number of hydrogen-bond acceptors (Lipinski definition) is 3.